The molecule has 0 spiro atoms. The monoisotopic (exact) mass is 384 g/mol. The fourth-order valence-electron chi connectivity index (χ4n) is 4.30. The Hall–Kier alpha value is -2.36. The summed E-state index contributed by atoms with van der Waals surface area (Å²) in [6.45, 7) is 10.2. The molecule has 4 heteroatoms. The van der Waals surface area contributed by atoms with E-state index < -0.39 is 5.67 Å². The highest BCUT2D eigenvalue weighted by atomic mass is 19.1. The smallest absolute Gasteiger partial charge is 0.132 e. The van der Waals surface area contributed by atoms with Gasteiger partial charge in [0.05, 0.1) is 6.04 Å². The summed E-state index contributed by atoms with van der Waals surface area (Å²) in [5, 5.41) is 3.14. The van der Waals surface area contributed by atoms with Gasteiger partial charge in [0.2, 0.25) is 0 Å². The molecule has 1 heterocycles. The fraction of sp³-hybridized carbons (Fsp3) is 0.417. The minimum absolute atomic E-state index is 0.0860. The van der Waals surface area contributed by atoms with Gasteiger partial charge in [0, 0.05) is 37.0 Å². The van der Waals surface area contributed by atoms with Crippen molar-refractivity contribution in [2.75, 3.05) is 23.8 Å². The van der Waals surface area contributed by atoms with E-state index in [1.807, 2.05) is 43.1 Å². The normalized spacial score (nSPS) is 21.4. The van der Waals surface area contributed by atoms with Crippen molar-refractivity contribution >= 4 is 11.4 Å². The van der Waals surface area contributed by atoms with E-state index in [-0.39, 0.29) is 18.3 Å². The molecule has 150 valence electrons. The van der Waals surface area contributed by atoms with Crippen molar-refractivity contribution in [3.05, 3.63) is 59.9 Å². The van der Waals surface area contributed by atoms with Crippen LogP contribution in [0.25, 0.3) is 11.1 Å². The zero-order valence-corrected chi connectivity index (χ0v) is 17.3. The van der Waals surface area contributed by atoms with E-state index in [9.17, 15) is 0 Å². The Bertz CT molecular complexity index is 873. The summed E-state index contributed by atoms with van der Waals surface area (Å²) in [7, 11) is 1.87. The minimum Gasteiger partial charge on any atom is -0.388 e. The summed E-state index contributed by atoms with van der Waals surface area (Å²) < 4.78 is 30.6. The molecule has 2 aromatic carbocycles. The van der Waals surface area contributed by atoms with E-state index >= 15 is 8.78 Å². The van der Waals surface area contributed by atoms with Gasteiger partial charge in [-0.1, -0.05) is 19.1 Å². The van der Waals surface area contributed by atoms with Crippen molar-refractivity contribution in [1.29, 1.82) is 0 Å². The number of nitrogens with zero attached hydrogens (tertiary/aromatic N) is 1. The molecule has 2 unspecified atom stereocenters. The molecule has 2 nitrogen and oxygen atoms in total. The van der Waals surface area contributed by atoms with E-state index in [0.717, 1.165) is 34.5 Å². The third-order valence-corrected chi connectivity index (χ3v) is 5.77. The van der Waals surface area contributed by atoms with Crippen LogP contribution < -0.4 is 10.2 Å². The Kier molecular flexibility index (Phi) is 5.78. The van der Waals surface area contributed by atoms with Crippen LogP contribution in [-0.4, -0.2) is 25.3 Å². The van der Waals surface area contributed by atoms with Gasteiger partial charge in [0.25, 0.3) is 0 Å². The van der Waals surface area contributed by atoms with Crippen LogP contribution in [0.3, 0.4) is 0 Å². The second kappa shape index (κ2) is 7.94. The van der Waals surface area contributed by atoms with E-state index in [1.165, 1.54) is 0 Å². The molecule has 0 bridgehead atoms. The van der Waals surface area contributed by atoms with Crippen molar-refractivity contribution in [2.24, 2.45) is 0 Å². The molecule has 0 fully saturated rings. The molecule has 2 aromatic rings. The van der Waals surface area contributed by atoms with Gasteiger partial charge in [-0.25, -0.2) is 8.78 Å². The number of hydrogen-bond acceptors (Lipinski definition) is 2. The average Bonchev–Trinajstić information content (AvgIpc) is 2.65. The number of halogens is 2. The zero-order chi connectivity index (χ0) is 20.5. The molecule has 0 saturated carbocycles. The van der Waals surface area contributed by atoms with Crippen LogP contribution in [0, 0.1) is 12.7 Å². The third kappa shape index (κ3) is 3.65. The lowest BCUT2D eigenvalue weighted by Crippen LogP contribution is -2.53. The zero-order valence-electron chi connectivity index (χ0n) is 17.3. The first-order chi connectivity index (χ1) is 13.3. The Morgan fingerprint density at radius 3 is 2.71 bits per heavy atom. The number of rotatable bonds is 6. The van der Waals surface area contributed by atoms with Gasteiger partial charge < -0.3 is 10.2 Å². The average molecular weight is 385 g/mol. The number of aryl methyl sites for hydroxylation is 1. The lowest BCUT2D eigenvalue weighted by atomic mass is 9.81. The van der Waals surface area contributed by atoms with Crippen molar-refractivity contribution < 1.29 is 8.78 Å². The van der Waals surface area contributed by atoms with Gasteiger partial charge >= 0.3 is 0 Å². The lowest BCUT2D eigenvalue weighted by molar-refractivity contribution is 0.133. The summed E-state index contributed by atoms with van der Waals surface area (Å²) in [5.41, 5.74) is 3.66. The van der Waals surface area contributed by atoms with E-state index in [2.05, 4.69) is 18.8 Å². The Morgan fingerprint density at radius 1 is 1.32 bits per heavy atom. The molecule has 0 saturated heterocycles. The number of fused-ring (bicyclic) bond motifs is 1. The van der Waals surface area contributed by atoms with Gasteiger partial charge in [0.1, 0.15) is 11.5 Å². The van der Waals surface area contributed by atoms with Crippen LogP contribution in [-0.2, 0) is 6.42 Å². The summed E-state index contributed by atoms with van der Waals surface area (Å²) in [4.78, 5) is 2.05. The summed E-state index contributed by atoms with van der Waals surface area (Å²) >= 11 is 0. The molecular formula is C24H30F2N2. The molecule has 0 amide bonds. The molecule has 1 aliphatic rings. The Labute approximate surface area is 167 Å². The van der Waals surface area contributed by atoms with Crippen LogP contribution in [0.1, 0.15) is 37.8 Å². The van der Waals surface area contributed by atoms with Crippen LogP contribution in [0.2, 0.25) is 0 Å². The van der Waals surface area contributed by atoms with Gasteiger partial charge in [0.15, 0.2) is 0 Å². The molecule has 28 heavy (non-hydrogen) atoms. The molecule has 1 N–H and O–H groups in total. The summed E-state index contributed by atoms with van der Waals surface area (Å²) in [6, 6.07) is 9.31. The van der Waals surface area contributed by atoms with Gasteiger partial charge in [-0.05, 0) is 67.6 Å². The highest BCUT2D eigenvalue weighted by molar-refractivity contribution is 5.76. The quantitative estimate of drug-likeness (QED) is 0.589. The molecule has 0 aromatic heterocycles. The molecule has 3 rings (SSSR count). The topological polar surface area (TPSA) is 15.3 Å². The molecule has 0 aliphatic carbocycles. The first-order valence-corrected chi connectivity index (χ1v) is 10.00. The van der Waals surface area contributed by atoms with Gasteiger partial charge in [-0.15, -0.1) is 6.58 Å². The Morgan fingerprint density at radius 2 is 2.07 bits per heavy atom. The Balaban J connectivity index is 2.18. The fourth-order valence-corrected chi connectivity index (χ4v) is 4.30. The standard InChI is InChI=1S/C24H30F2N2/c1-6-8-23-24(4,26)15-20-21(25)12-17(13-22(20)28(23)11-7-2)19-14-18(27-5)10-9-16(19)3/h6,9-10,12-14,23,27H,1,7-8,11,15H2,2-5H3. The van der Waals surface area contributed by atoms with Crippen molar-refractivity contribution in [2.45, 2.75) is 51.7 Å². The predicted octanol–water partition coefficient (Wildman–Crippen LogP) is 6.29. The molecular weight excluding hydrogens is 354 g/mol. The second-order valence-corrected chi connectivity index (χ2v) is 7.92. The van der Waals surface area contributed by atoms with Crippen LogP contribution in [0.4, 0.5) is 20.2 Å². The highest BCUT2D eigenvalue weighted by Crippen LogP contribution is 2.43. The SMILES string of the molecule is C=CCC1N(CCC)c2cc(-c3cc(NC)ccc3C)cc(F)c2CC1(C)F. The van der Waals surface area contributed by atoms with Gasteiger partial charge in [-0.2, -0.15) is 0 Å². The highest BCUT2D eigenvalue weighted by Gasteiger charge is 2.43. The van der Waals surface area contributed by atoms with Crippen molar-refractivity contribution in [3.63, 3.8) is 0 Å². The molecule has 1 aliphatic heterocycles. The molecule has 2 atom stereocenters. The predicted molar refractivity (Wildman–Crippen MR) is 116 cm³/mol. The van der Waals surface area contributed by atoms with E-state index in [0.29, 0.717) is 18.5 Å². The largest absolute Gasteiger partial charge is 0.388 e. The number of hydrogen-bond donors (Lipinski definition) is 1. The summed E-state index contributed by atoms with van der Waals surface area (Å²) in [5.74, 6) is -0.330. The third-order valence-electron chi connectivity index (χ3n) is 5.77. The van der Waals surface area contributed by atoms with Gasteiger partial charge in [-0.3, -0.25) is 0 Å². The minimum atomic E-state index is -1.50. The number of benzene rings is 2. The number of alkyl halides is 1. The molecule has 0 radical (unpaired) electrons. The number of anilines is 2. The number of nitrogens with one attached hydrogen (secondary N) is 1. The lowest BCUT2D eigenvalue weighted by Gasteiger charge is -2.46. The van der Waals surface area contributed by atoms with Crippen LogP contribution in [0.15, 0.2) is 43.0 Å². The van der Waals surface area contributed by atoms with E-state index in [1.54, 1.807) is 19.1 Å². The first-order valence-electron chi connectivity index (χ1n) is 10.00. The van der Waals surface area contributed by atoms with Crippen molar-refractivity contribution in [1.82, 2.24) is 0 Å². The second-order valence-electron chi connectivity index (χ2n) is 7.92. The summed E-state index contributed by atoms with van der Waals surface area (Å²) in [6.07, 6.45) is 3.25. The maximum absolute atomic E-state index is 15.5. The van der Waals surface area contributed by atoms with Crippen LogP contribution in [0.5, 0.6) is 0 Å². The maximum Gasteiger partial charge on any atom is 0.132 e. The van der Waals surface area contributed by atoms with Crippen molar-refractivity contribution in [3.8, 4) is 11.1 Å². The first kappa shape index (κ1) is 20.4. The maximum atomic E-state index is 15.5. The van der Waals surface area contributed by atoms with E-state index in [4.69, 9.17) is 0 Å². The van der Waals surface area contributed by atoms with Crippen LogP contribution >= 0.6 is 0 Å².